The number of hydrogen-bond acceptors (Lipinski definition) is 3. The lowest BCUT2D eigenvalue weighted by Gasteiger charge is -2.16. The molecular formula is C15H18N2O3. The summed E-state index contributed by atoms with van der Waals surface area (Å²) < 4.78 is 0. The largest absolute Gasteiger partial charge is 0.480 e. The van der Waals surface area contributed by atoms with Gasteiger partial charge in [0, 0.05) is 5.56 Å². The van der Waals surface area contributed by atoms with Gasteiger partial charge in [-0.05, 0) is 30.0 Å². The lowest BCUT2D eigenvalue weighted by atomic mass is 10.0. The number of nitrogens with zero attached hydrogens (tertiary/aromatic N) is 1. The van der Waals surface area contributed by atoms with Crippen molar-refractivity contribution in [1.29, 1.82) is 5.26 Å². The molecular weight excluding hydrogens is 256 g/mol. The third kappa shape index (κ3) is 4.73. The van der Waals surface area contributed by atoms with Gasteiger partial charge >= 0.3 is 5.97 Å². The highest BCUT2D eigenvalue weighted by atomic mass is 16.4. The number of hydrogen-bond donors (Lipinski definition) is 2. The molecule has 0 aliphatic heterocycles. The maximum absolute atomic E-state index is 12.0. The summed E-state index contributed by atoms with van der Waals surface area (Å²) in [6.45, 7) is 3.80. The van der Waals surface area contributed by atoms with Crippen LogP contribution in [-0.4, -0.2) is 23.0 Å². The first-order valence-electron chi connectivity index (χ1n) is 6.43. The number of rotatable bonds is 6. The van der Waals surface area contributed by atoms with Gasteiger partial charge in [-0.2, -0.15) is 5.26 Å². The van der Waals surface area contributed by atoms with Crippen LogP contribution in [0.4, 0.5) is 0 Å². The molecule has 0 aromatic heterocycles. The summed E-state index contributed by atoms with van der Waals surface area (Å²) in [6.07, 6.45) is 0.592. The highest BCUT2D eigenvalue weighted by Gasteiger charge is 2.21. The average molecular weight is 274 g/mol. The zero-order chi connectivity index (χ0) is 15.1. The van der Waals surface area contributed by atoms with E-state index < -0.39 is 17.9 Å². The number of carboxylic acids is 1. The summed E-state index contributed by atoms with van der Waals surface area (Å²) in [5.41, 5.74) is 1.10. The van der Waals surface area contributed by atoms with Gasteiger partial charge in [-0.25, -0.2) is 4.79 Å². The third-order valence-electron chi connectivity index (χ3n) is 2.78. The topological polar surface area (TPSA) is 90.2 Å². The second-order valence-corrected chi connectivity index (χ2v) is 5.03. The first kappa shape index (κ1) is 15.7. The van der Waals surface area contributed by atoms with Crippen LogP contribution in [0.5, 0.6) is 0 Å². The van der Waals surface area contributed by atoms with Crippen molar-refractivity contribution < 1.29 is 14.7 Å². The maximum Gasteiger partial charge on any atom is 0.326 e. The molecule has 0 saturated carbocycles. The predicted octanol–water partition coefficient (Wildman–Crippen LogP) is 1.98. The van der Waals surface area contributed by atoms with E-state index in [2.05, 4.69) is 5.32 Å². The Balaban J connectivity index is 2.81. The van der Waals surface area contributed by atoms with Crippen molar-refractivity contribution in [3.63, 3.8) is 0 Å². The van der Waals surface area contributed by atoms with E-state index in [1.54, 1.807) is 24.3 Å². The molecule has 5 nitrogen and oxygen atoms in total. The van der Waals surface area contributed by atoms with Crippen molar-refractivity contribution in [2.45, 2.75) is 32.7 Å². The van der Waals surface area contributed by atoms with Crippen LogP contribution in [0, 0.1) is 17.2 Å². The molecule has 0 unspecified atom stereocenters. The van der Waals surface area contributed by atoms with Gasteiger partial charge in [0.05, 0.1) is 12.5 Å². The van der Waals surface area contributed by atoms with Crippen molar-refractivity contribution in [2.75, 3.05) is 0 Å². The number of carbonyl (C=O) groups is 2. The normalized spacial score (nSPS) is 11.7. The number of benzene rings is 1. The van der Waals surface area contributed by atoms with Crippen molar-refractivity contribution in [3.8, 4) is 6.07 Å². The zero-order valence-corrected chi connectivity index (χ0v) is 11.6. The molecule has 0 radical (unpaired) electrons. The Morgan fingerprint density at radius 3 is 2.65 bits per heavy atom. The number of amides is 1. The minimum Gasteiger partial charge on any atom is -0.480 e. The Hall–Kier alpha value is -2.35. The summed E-state index contributed by atoms with van der Waals surface area (Å²) in [6, 6.07) is 7.75. The van der Waals surface area contributed by atoms with E-state index in [1.165, 1.54) is 0 Å². The van der Waals surface area contributed by atoms with E-state index in [1.807, 2.05) is 19.9 Å². The van der Waals surface area contributed by atoms with Gasteiger partial charge < -0.3 is 10.4 Å². The van der Waals surface area contributed by atoms with Crippen LogP contribution < -0.4 is 5.32 Å². The fourth-order valence-electron chi connectivity index (χ4n) is 1.85. The smallest absolute Gasteiger partial charge is 0.326 e. The van der Waals surface area contributed by atoms with Crippen molar-refractivity contribution in [3.05, 3.63) is 35.4 Å². The molecule has 0 heterocycles. The number of carboxylic acid groups (broad SMARTS) is 1. The molecule has 0 aliphatic carbocycles. The number of aliphatic carboxylic acids is 1. The zero-order valence-electron chi connectivity index (χ0n) is 11.6. The quantitative estimate of drug-likeness (QED) is 0.830. The standard InChI is InChI=1S/C15H18N2O3/c1-10(2)8-13(15(19)20)17-14(18)12-5-3-4-11(9-12)6-7-16/h3-5,9-10,13H,6,8H2,1-2H3,(H,17,18)(H,19,20)/t13-/m1/s1. The molecule has 2 N–H and O–H groups in total. The van der Waals surface area contributed by atoms with Crippen LogP contribution in [0.3, 0.4) is 0 Å². The highest BCUT2D eigenvalue weighted by molar-refractivity contribution is 5.96. The minimum absolute atomic E-state index is 0.168. The monoisotopic (exact) mass is 274 g/mol. The summed E-state index contributed by atoms with van der Waals surface area (Å²) >= 11 is 0. The first-order chi connectivity index (χ1) is 9.43. The second kappa shape index (κ2) is 7.29. The molecule has 106 valence electrons. The van der Waals surface area contributed by atoms with Crippen LogP contribution in [-0.2, 0) is 11.2 Å². The fourth-order valence-corrected chi connectivity index (χ4v) is 1.85. The van der Waals surface area contributed by atoms with E-state index in [-0.39, 0.29) is 12.3 Å². The van der Waals surface area contributed by atoms with Crippen molar-refractivity contribution >= 4 is 11.9 Å². The lowest BCUT2D eigenvalue weighted by Crippen LogP contribution is -2.41. The van der Waals surface area contributed by atoms with E-state index in [4.69, 9.17) is 10.4 Å². The molecule has 0 fully saturated rings. The SMILES string of the molecule is CC(C)C[C@@H](NC(=O)c1cccc(CC#N)c1)C(=O)O. The van der Waals surface area contributed by atoms with E-state index >= 15 is 0 Å². The Bertz CT molecular complexity index is 532. The van der Waals surface area contributed by atoms with Crippen LogP contribution in [0.1, 0.15) is 36.2 Å². The molecule has 1 aromatic rings. The molecule has 1 rings (SSSR count). The van der Waals surface area contributed by atoms with Gasteiger partial charge in [-0.3, -0.25) is 4.79 Å². The summed E-state index contributed by atoms with van der Waals surface area (Å²) in [5.74, 6) is -1.31. The van der Waals surface area contributed by atoms with E-state index in [9.17, 15) is 9.59 Å². The molecule has 1 amide bonds. The number of nitrogens with one attached hydrogen (secondary N) is 1. The van der Waals surface area contributed by atoms with Gasteiger partial charge in [-0.15, -0.1) is 0 Å². The Kier molecular flexibility index (Phi) is 5.73. The third-order valence-corrected chi connectivity index (χ3v) is 2.78. The molecule has 1 aromatic carbocycles. The molecule has 20 heavy (non-hydrogen) atoms. The molecule has 1 atom stereocenters. The Morgan fingerprint density at radius 1 is 1.40 bits per heavy atom. The minimum atomic E-state index is -1.04. The molecule has 0 spiro atoms. The molecule has 0 saturated heterocycles. The lowest BCUT2D eigenvalue weighted by molar-refractivity contribution is -0.139. The molecule has 5 heteroatoms. The molecule has 0 bridgehead atoms. The number of nitriles is 1. The van der Waals surface area contributed by atoms with Crippen molar-refractivity contribution in [2.24, 2.45) is 5.92 Å². The highest BCUT2D eigenvalue weighted by Crippen LogP contribution is 2.09. The number of carbonyl (C=O) groups excluding carboxylic acids is 1. The van der Waals surface area contributed by atoms with Crippen LogP contribution in [0.25, 0.3) is 0 Å². The second-order valence-electron chi connectivity index (χ2n) is 5.03. The molecule has 0 aliphatic rings. The predicted molar refractivity (Wildman–Crippen MR) is 74.1 cm³/mol. The van der Waals surface area contributed by atoms with Gasteiger partial charge in [0.2, 0.25) is 0 Å². The van der Waals surface area contributed by atoms with Crippen LogP contribution in [0.15, 0.2) is 24.3 Å². The van der Waals surface area contributed by atoms with Crippen LogP contribution in [0.2, 0.25) is 0 Å². The summed E-state index contributed by atoms with van der Waals surface area (Å²) in [7, 11) is 0. The summed E-state index contributed by atoms with van der Waals surface area (Å²) in [4.78, 5) is 23.2. The fraction of sp³-hybridized carbons (Fsp3) is 0.400. The van der Waals surface area contributed by atoms with Gasteiger partial charge in [0.25, 0.3) is 5.91 Å². The van der Waals surface area contributed by atoms with Gasteiger partial charge in [0.15, 0.2) is 0 Å². The van der Waals surface area contributed by atoms with Gasteiger partial charge in [-0.1, -0.05) is 26.0 Å². The van der Waals surface area contributed by atoms with E-state index in [0.29, 0.717) is 12.0 Å². The van der Waals surface area contributed by atoms with E-state index in [0.717, 1.165) is 5.56 Å². The van der Waals surface area contributed by atoms with Crippen molar-refractivity contribution in [1.82, 2.24) is 5.32 Å². The Labute approximate surface area is 118 Å². The van der Waals surface area contributed by atoms with Gasteiger partial charge in [0.1, 0.15) is 6.04 Å². The Morgan fingerprint density at radius 2 is 2.10 bits per heavy atom. The summed E-state index contributed by atoms with van der Waals surface area (Å²) in [5, 5.41) is 20.2. The average Bonchev–Trinajstić information content (AvgIpc) is 2.38. The first-order valence-corrected chi connectivity index (χ1v) is 6.43. The van der Waals surface area contributed by atoms with Crippen LogP contribution >= 0.6 is 0 Å². The maximum atomic E-state index is 12.0.